The third-order valence-corrected chi connectivity index (χ3v) is 7.44. The number of hydrogen-bond acceptors (Lipinski definition) is 6. The molecule has 2 aliphatic heterocycles. The van der Waals surface area contributed by atoms with Crippen molar-refractivity contribution in [1.29, 1.82) is 0 Å². The van der Waals surface area contributed by atoms with Crippen LogP contribution in [-0.4, -0.2) is 68.2 Å². The van der Waals surface area contributed by atoms with Crippen molar-refractivity contribution < 1.29 is 4.74 Å². The van der Waals surface area contributed by atoms with Gasteiger partial charge in [0.05, 0.1) is 12.8 Å². The van der Waals surface area contributed by atoms with Gasteiger partial charge in [0.25, 0.3) is 0 Å². The Bertz CT molecular complexity index is 1100. The van der Waals surface area contributed by atoms with Gasteiger partial charge in [0.1, 0.15) is 5.75 Å². The quantitative estimate of drug-likeness (QED) is 0.439. The van der Waals surface area contributed by atoms with Crippen molar-refractivity contribution in [2.24, 2.45) is 0 Å². The average Bonchev–Trinajstić information content (AvgIpc) is 3.46. The van der Waals surface area contributed by atoms with Gasteiger partial charge in [0.2, 0.25) is 0 Å². The second kappa shape index (κ2) is 11.8. The van der Waals surface area contributed by atoms with Crippen molar-refractivity contribution in [2.45, 2.75) is 32.5 Å². The van der Waals surface area contributed by atoms with Crippen molar-refractivity contribution in [3.8, 4) is 5.75 Å². The summed E-state index contributed by atoms with van der Waals surface area (Å²) in [5.74, 6) is 0.896. The number of piperazine rings is 1. The van der Waals surface area contributed by atoms with E-state index >= 15 is 0 Å². The monoisotopic (exact) mass is 485 g/mol. The van der Waals surface area contributed by atoms with Gasteiger partial charge in [-0.3, -0.25) is 9.88 Å². The van der Waals surface area contributed by atoms with Crippen LogP contribution in [0.2, 0.25) is 0 Å². The molecule has 5 rings (SSSR count). The van der Waals surface area contributed by atoms with Crippen LogP contribution in [0.1, 0.15) is 29.7 Å². The molecule has 2 aliphatic rings. The molecule has 0 N–H and O–H groups in total. The van der Waals surface area contributed by atoms with Crippen LogP contribution in [0.25, 0.3) is 0 Å². The molecule has 0 atom stereocenters. The predicted molar refractivity (Wildman–Crippen MR) is 148 cm³/mol. The minimum atomic E-state index is 0.809. The van der Waals surface area contributed by atoms with Crippen LogP contribution in [0.4, 0.5) is 11.4 Å². The summed E-state index contributed by atoms with van der Waals surface area (Å²) in [4.78, 5) is 14.6. The minimum absolute atomic E-state index is 0.809. The van der Waals surface area contributed by atoms with Crippen molar-refractivity contribution in [3.05, 3.63) is 83.7 Å². The van der Waals surface area contributed by atoms with E-state index < -0.39 is 0 Å². The number of hydrogen-bond donors (Lipinski definition) is 0. The van der Waals surface area contributed by atoms with Gasteiger partial charge in [-0.25, -0.2) is 0 Å². The molecular formula is C30H39N5O. The first-order valence-electron chi connectivity index (χ1n) is 13.2. The molecular weight excluding hydrogens is 446 g/mol. The number of rotatable bonds is 9. The zero-order chi connectivity index (χ0) is 24.7. The van der Waals surface area contributed by atoms with E-state index in [2.05, 4.69) is 81.2 Å². The molecule has 190 valence electrons. The van der Waals surface area contributed by atoms with Crippen LogP contribution in [0.15, 0.2) is 66.9 Å². The van der Waals surface area contributed by atoms with Crippen molar-refractivity contribution >= 4 is 11.4 Å². The fourth-order valence-corrected chi connectivity index (χ4v) is 5.22. The number of pyridine rings is 1. The van der Waals surface area contributed by atoms with Crippen molar-refractivity contribution in [2.75, 3.05) is 63.2 Å². The van der Waals surface area contributed by atoms with E-state index in [1.54, 1.807) is 7.11 Å². The summed E-state index contributed by atoms with van der Waals surface area (Å²) < 4.78 is 5.49. The summed E-state index contributed by atoms with van der Waals surface area (Å²) in [5.41, 5.74) is 6.24. The van der Waals surface area contributed by atoms with Crippen LogP contribution < -0.4 is 14.5 Å². The molecule has 0 bridgehead atoms. The van der Waals surface area contributed by atoms with Gasteiger partial charge in [-0.2, -0.15) is 0 Å². The van der Waals surface area contributed by atoms with E-state index in [9.17, 15) is 0 Å². The fraction of sp³-hybridized carbons (Fsp3) is 0.433. The van der Waals surface area contributed by atoms with Gasteiger partial charge in [-0.05, 0) is 67.4 Å². The minimum Gasteiger partial charge on any atom is -0.497 e. The summed E-state index contributed by atoms with van der Waals surface area (Å²) >= 11 is 0. The molecule has 2 saturated heterocycles. The van der Waals surface area contributed by atoms with Gasteiger partial charge in [-0.15, -0.1) is 0 Å². The Labute approximate surface area is 216 Å². The molecule has 0 spiro atoms. The highest BCUT2D eigenvalue weighted by molar-refractivity contribution is 5.51. The number of benzene rings is 2. The molecule has 2 aromatic carbocycles. The summed E-state index contributed by atoms with van der Waals surface area (Å²) in [7, 11) is 3.93. The van der Waals surface area contributed by atoms with E-state index in [4.69, 9.17) is 9.72 Å². The lowest BCUT2D eigenvalue weighted by Gasteiger charge is -2.32. The van der Waals surface area contributed by atoms with E-state index in [1.165, 1.54) is 48.4 Å². The normalized spacial score (nSPS) is 16.9. The number of anilines is 2. The number of nitrogens with zero attached hydrogens (tertiary/aromatic N) is 5. The molecule has 1 aromatic heterocycles. The van der Waals surface area contributed by atoms with E-state index in [0.717, 1.165) is 57.3 Å². The zero-order valence-electron chi connectivity index (χ0n) is 21.8. The van der Waals surface area contributed by atoms with Crippen LogP contribution in [0, 0.1) is 0 Å². The third-order valence-electron chi connectivity index (χ3n) is 7.44. The molecule has 3 aromatic rings. The van der Waals surface area contributed by atoms with Gasteiger partial charge in [0, 0.05) is 76.5 Å². The second-order valence-corrected chi connectivity index (χ2v) is 10.2. The summed E-state index contributed by atoms with van der Waals surface area (Å²) in [6, 6.07) is 22.0. The SMILES string of the molecule is COc1cccc(CN(Cc2ccc(N3CCCC3)cc2)c2ccnc(CN3CCN(C)CC3)c2)c1. The first kappa shape index (κ1) is 24.6. The first-order valence-corrected chi connectivity index (χ1v) is 13.2. The first-order chi connectivity index (χ1) is 17.7. The summed E-state index contributed by atoms with van der Waals surface area (Å²) in [6.45, 7) is 9.34. The van der Waals surface area contributed by atoms with Crippen LogP contribution in [0.5, 0.6) is 5.75 Å². The van der Waals surface area contributed by atoms with Gasteiger partial charge < -0.3 is 19.4 Å². The Kier molecular flexibility index (Phi) is 8.04. The van der Waals surface area contributed by atoms with Crippen molar-refractivity contribution in [3.63, 3.8) is 0 Å². The molecule has 36 heavy (non-hydrogen) atoms. The summed E-state index contributed by atoms with van der Waals surface area (Å²) in [5, 5.41) is 0. The van der Waals surface area contributed by atoms with E-state index in [1.807, 2.05) is 12.3 Å². The maximum atomic E-state index is 5.49. The smallest absolute Gasteiger partial charge is 0.119 e. The van der Waals surface area contributed by atoms with Gasteiger partial charge >= 0.3 is 0 Å². The van der Waals surface area contributed by atoms with Crippen LogP contribution >= 0.6 is 0 Å². The van der Waals surface area contributed by atoms with Gasteiger partial charge in [-0.1, -0.05) is 24.3 Å². The molecule has 0 amide bonds. The molecule has 6 nitrogen and oxygen atoms in total. The maximum Gasteiger partial charge on any atom is 0.119 e. The topological polar surface area (TPSA) is 35.1 Å². The van der Waals surface area contributed by atoms with Crippen LogP contribution in [0.3, 0.4) is 0 Å². The Morgan fingerprint density at radius 2 is 1.58 bits per heavy atom. The lowest BCUT2D eigenvalue weighted by atomic mass is 10.1. The number of ether oxygens (including phenoxy) is 1. The average molecular weight is 486 g/mol. The fourth-order valence-electron chi connectivity index (χ4n) is 5.22. The lowest BCUT2D eigenvalue weighted by molar-refractivity contribution is 0.147. The van der Waals surface area contributed by atoms with Crippen molar-refractivity contribution in [1.82, 2.24) is 14.8 Å². The highest BCUT2D eigenvalue weighted by Gasteiger charge is 2.17. The Balaban J connectivity index is 1.35. The largest absolute Gasteiger partial charge is 0.497 e. The Morgan fingerprint density at radius 3 is 2.33 bits per heavy atom. The summed E-state index contributed by atoms with van der Waals surface area (Å²) in [6.07, 6.45) is 4.57. The highest BCUT2D eigenvalue weighted by atomic mass is 16.5. The molecule has 3 heterocycles. The third kappa shape index (κ3) is 6.37. The van der Waals surface area contributed by atoms with E-state index in [-0.39, 0.29) is 0 Å². The molecule has 2 fully saturated rings. The Morgan fingerprint density at radius 1 is 0.833 bits per heavy atom. The standard InChI is InChI=1S/C30H39N5O/c1-32-16-18-33(19-17-32)24-27-21-29(12-13-31-27)35(23-26-6-5-7-30(20-26)36-2)22-25-8-10-28(11-9-25)34-14-3-4-15-34/h5-13,20-21H,3-4,14-19,22-24H2,1-2H3. The molecule has 0 unspecified atom stereocenters. The molecule has 0 saturated carbocycles. The predicted octanol–water partition coefficient (Wildman–Crippen LogP) is 4.64. The number of aromatic nitrogens is 1. The Hall–Kier alpha value is -3.09. The molecule has 6 heteroatoms. The van der Waals surface area contributed by atoms with Crippen LogP contribution in [-0.2, 0) is 19.6 Å². The molecule has 0 radical (unpaired) electrons. The number of likely N-dealkylation sites (N-methyl/N-ethyl adjacent to an activating group) is 1. The number of methoxy groups -OCH3 is 1. The highest BCUT2D eigenvalue weighted by Crippen LogP contribution is 2.25. The lowest BCUT2D eigenvalue weighted by Crippen LogP contribution is -2.44. The zero-order valence-corrected chi connectivity index (χ0v) is 21.8. The van der Waals surface area contributed by atoms with E-state index in [0.29, 0.717) is 0 Å². The maximum absolute atomic E-state index is 5.49. The second-order valence-electron chi connectivity index (χ2n) is 10.2. The van der Waals surface area contributed by atoms with Gasteiger partial charge in [0.15, 0.2) is 0 Å². The molecule has 0 aliphatic carbocycles.